The lowest BCUT2D eigenvalue weighted by molar-refractivity contribution is 0.317. The van der Waals surface area contributed by atoms with Crippen molar-refractivity contribution in [3.05, 3.63) is 64.3 Å². The highest BCUT2D eigenvalue weighted by atomic mass is 32.2. The molecule has 1 N–H and O–H groups in total. The zero-order chi connectivity index (χ0) is 20.1. The van der Waals surface area contributed by atoms with Gasteiger partial charge in [0.25, 0.3) is 0 Å². The highest BCUT2D eigenvalue weighted by Gasteiger charge is 2.31. The van der Waals surface area contributed by atoms with Crippen LogP contribution in [0, 0.1) is 27.7 Å². The summed E-state index contributed by atoms with van der Waals surface area (Å²) < 4.78 is 27.8. The number of nitrogens with zero attached hydrogens (tertiary/aromatic N) is 1. The minimum atomic E-state index is -3.42. The molecule has 2 heterocycles. The fraction of sp³-hybridized carbons (Fsp3) is 0.391. The van der Waals surface area contributed by atoms with E-state index in [2.05, 4.69) is 37.0 Å². The van der Waals surface area contributed by atoms with E-state index in [0.717, 1.165) is 24.0 Å². The van der Waals surface area contributed by atoms with Crippen molar-refractivity contribution in [3.63, 3.8) is 0 Å². The monoisotopic (exact) mass is 396 g/mol. The summed E-state index contributed by atoms with van der Waals surface area (Å²) in [6, 6.07) is 11.9. The van der Waals surface area contributed by atoms with Crippen LogP contribution < -0.4 is 0 Å². The van der Waals surface area contributed by atoms with E-state index < -0.39 is 10.0 Å². The SMILES string of the molecule is Cc1ccc2[nH]c(C3CCN(S(=O)(=O)c4ccc(C)c(C)c4)CC3)c(C)c2c1. The van der Waals surface area contributed by atoms with Crippen LogP contribution in [0.25, 0.3) is 10.9 Å². The first kappa shape index (κ1) is 19.2. The molecular formula is C23H28N2O2S. The van der Waals surface area contributed by atoms with Crippen molar-refractivity contribution in [2.75, 3.05) is 13.1 Å². The second kappa shape index (κ2) is 7.05. The predicted octanol–water partition coefficient (Wildman–Crippen LogP) is 4.97. The molecule has 5 heteroatoms. The Balaban J connectivity index is 1.55. The summed E-state index contributed by atoms with van der Waals surface area (Å²) in [5, 5.41) is 1.28. The molecule has 1 aliphatic heterocycles. The number of hydrogen-bond donors (Lipinski definition) is 1. The van der Waals surface area contributed by atoms with Gasteiger partial charge in [0.05, 0.1) is 4.90 Å². The van der Waals surface area contributed by atoms with Gasteiger partial charge in [0.2, 0.25) is 10.0 Å². The molecule has 1 fully saturated rings. The van der Waals surface area contributed by atoms with E-state index in [1.807, 2.05) is 19.9 Å². The molecule has 0 aliphatic carbocycles. The van der Waals surface area contributed by atoms with E-state index in [1.54, 1.807) is 16.4 Å². The van der Waals surface area contributed by atoms with Crippen LogP contribution in [0.1, 0.15) is 46.7 Å². The van der Waals surface area contributed by atoms with Crippen molar-refractivity contribution in [1.29, 1.82) is 0 Å². The molecule has 28 heavy (non-hydrogen) atoms. The molecule has 2 aromatic carbocycles. The van der Waals surface area contributed by atoms with E-state index in [9.17, 15) is 8.42 Å². The summed E-state index contributed by atoms with van der Waals surface area (Å²) in [5.74, 6) is 0.374. The van der Waals surface area contributed by atoms with Crippen molar-refractivity contribution in [1.82, 2.24) is 9.29 Å². The Labute approximate surface area is 167 Å². The molecule has 1 saturated heterocycles. The quantitative estimate of drug-likeness (QED) is 0.679. The van der Waals surface area contributed by atoms with E-state index in [4.69, 9.17) is 0 Å². The Hall–Kier alpha value is -2.11. The molecule has 148 valence electrons. The summed E-state index contributed by atoms with van der Waals surface area (Å²) in [5.41, 5.74) is 7.12. The smallest absolute Gasteiger partial charge is 0.243 e. The van der Waals surface area contributed by atoms with E-state index >= 15 is 0 Å². The Bertz CT molecular complexity index is 1140. The van der Waals surface area contributed by atoms with Crippen LogP contribution in [0.3, 0.4) is 0 Å². The average molecular weight is 397 g/mol. The number of aryl methyl sites for hydroxylation is 4. The molecule has 0 spiro atoms. The Morgan fingerprint density at radius 1 is 0.929 bits per heavy atom. The zero-order valence-corrected chi connectivity index (χ0v) is 17.9. The Morgan fingerprint density at radius 3 is 2.32 bits per heavy atom. The van der Waals surface area contributed by atoms with Crippen LogP contribution >= 0.6 is 0 Å². The third-order valence-electron chi connectivity index (χ3n) is 6.23. The molecule has 0 atom stereocenters. The van der Waals surface area contributed by atoms with E-state index in [1.165, 1.54) is 27.7 Å². The largest absolute Gasteiger partial charge is 0.358 e. The minimum absolute atomic E-state index is 0.374. The molecule has 0 bridgehead atoms. The predicted molar refractivity (Wildman–Crippen MR) is 114 cm³/mol. The molecule has 4 rings (SSSR count). The highest BCUT2D eigenvalue weighted by Crippen LogP contribution is 2.35. The lowest BCUT2D eigenvalue weighted by atomic mass is 9.92. The molecule has 0 amide bonds. The fourth-order valence-electron chi connectivity index (χ4n) is 4.28. The standard InChI is InChI=1S/C23H28N2O2S/c1-15-5-8-22-21(13-15)18(4)23(24-22)19-9-11-25(12-10-19)28(26,27)20-7-6-16(2)17(3)14-20/h5-8,13-14,19,24H,9-12H2,1-4H3. The van der Waals surface area contributed by atoms with Crippen molar-refractivity contribution in [2.24, 2.45) is 0 Å². The Kier molecular flexibility index (Phi) is 4.84. The lowest BCUT2D eigenvalue weighted by Crippen LogP contribution is -2.38. The number of sulfonamides is 1. The molecule has 0 radical (unpaired) electrons. The summed E-state index contributed by atoms with van der Waals surface area (Å²) in [7, 11) is -3.42. The first-order chi connectivity index (χ1) is 13.3. The first-order valence-electron chi connectivity index (χ1n) is 9.93. The normalized spacial score (nSPS) is 16.7. The number of nitrogens with one attached hydrogen (secondary N) is 1. The van der Waals surface area contributed by atoms with Gasteiger partial charge in [-0.1, -0.05) is 17.7 Å². The molecule has 1 aromatic heterocycles. The molecule has 1 aliphatic rings. The number of rotatable bonds is 3. The number of hydrogen-bond acceptors (Lipinski definition) is 2. The topological polar surface area (TPSA) is 53.2 Å². The number of benzene rings is 2. The summed E-state index contributed by atoms with van der Waals surface area (Å²) in [6.07, 6.45) is 1.69. The average Bonchev–Trinajstić information content (AvgIpc) is 3.00. The first-order valence-corrected chi connectivity index (χ1v) is 11.4. The van der Waals surface area contributed by atoms with Gasteiger partial charge in [-0.2, -0.15) is 4.31 Å². The van der Waals surface area contributed by atoms with E-state index in [-0.39, 0.29) is 0 Å². The van der Waals surface area contributed by atoms with Gasteiger partial charge in [0, 0.05) is 35.6 Å². The van der Waals surface area contributed by atoms with Crippen LogP contribution in [0.5, 0.6) is 0 Å². The van der Waals surface area contributed by atoms with E-state index in [0.29, 0.717) is 23.9 Å². The number of aromatic amines is 1. The van der Waals surface area contributed by atoms with Gasteiger partial charge in [-0.15, -0.1) is 0 Å². The van der Waals surface area contributed by atoms with Gasteiger partial charge in [-0.25, -0.2) is 8.42 Å². The van der Waals surface area contributed by atoms with Gasteiger partial charge < -0.3 is 4.98 Å². The van der Waals surface area contributed by atoms with Crippen molar-refractivity contribution in [2.45, 2.75) is 51.3 Å². The summed E-state index contributed by atoms with van der Waals surface area (Å²) >= 11 is 0. The van der Waals surface area contributed by atoms with Crippen LogP contribution in [0.15, 0.2) is 41.3 Å². The van der Waals surface area contributed by atoms with Crippen molar-refractivity contribution in [3.8, 4) is 0 Å². The van der Waals surface area contributed by atoms with Gasteiger partial charge >= 0.3 is 0 Å². The van der Waals surface area contributed by atoms with Gasteiger partial charge in [0.1, 0.15) is 0 Å². The Morgan fingerprint density at radius 2 is 1.64 bits per heavy atom. The molecule has 4 nitrogen and oxygen atoms in total. The fourth-order valence-corrected chi connectivity index (χ4v) is 5.83. The van der Waals surface area contributed by atoms with Crippen molar-refractivity contribution >= 4 is 20.9 Å². The second-order valence-corrected chi connectivity index (χ2v) is 10.1. The number of fused-ring (bicyclic) bond motifs is 1. The maximum absolute atomic E-state index is 13.1. The van der Waals surface area contributed by atoms with Gasteiger partial charge in [0.15, 0.2) is 0 Å². The second-order valence-electron chi connectivity index (χ2n) is 8.14. The molecule has 3 aromatic rings. The molecular weight excluding hydrogens is 368 g/mol. The third-order valence-corrected chi connectivity index (χ3v) is 8.13. The summed E-state index contributed by atoms with van der Waals surface area (Å²) in [6.45, 7) is 9.37. The lowest BCUT2D eigenvalue weighted by Gasteiger charge is -2.31. The maximum Gasteiger partial charge on any atom is 0.243 e. The highest BCUT2D eigenvalue weighted by molar-refractivity contribution is 7.89. The van der Waals surface area contributed by atoms with Crippen molar-refractivity contribution < 1.29 is 8.42 Å². The third kappa shape index (κ3) is 3.27. The minimum Gasteiger partial charge on any atom is -0.358 e. The van der Waals surface area contributed by atoms with Crippen LogP contribution in [0.2, 0.25) is 0 Å². The van der Waals surface area contributed by atoms with Crippen LogP contribution in [-0.4, -0.2) is 30.8 Å². The molecule has 0 unspecified atom stereocenters. The maximum atomic E-state index is 13.1. The van der Waals surface area contributed by atoms with Crippen LogP contribution in [-0.2, 0) is 10.0 Å². The number of piperidine rings is 1. The summed E-state index contributed by atoms with van der Waals surface area (Å²) in [4.78, 5) is 4.00. The number of H-pyrrole nitrogens is 1. The zero-order valence-electron chi connectivity index (χ0n) is 17.0. The van der Waals surface area contributed by atoms with Gasteiger partial charge in [-0.05, 0) is 81.5 Å². The van der Waals surface area contributed by atoms with Crippen LogP contribution in [0.4, 0.5) is 0 Å². The molecule has 0 saturated carbocycles. The number of aromatic nitrogens is 1. The van der Waals surface area contributed by atoms with Gasteiger partial charge in [-0.3, -0.25) is 0 Å².